The van der Waals surface area contributed by atoms with Gasteiger partial charge in [-0.25, -0.2) is 8.78 Å². The van der Waals surface area contributed by atoms with Gasteiger partial charge in [-0.1, -0.05) is 0 Å². The number of piperazine rings is 1. The van der Waals surface area contributed by atoms with Gasteiger partial charge in [0.15, 0.2) is 5.82 Å². The number of aromatic amines is 1. The van der Waals surface area contributed by atoms with E-state index in [4.69, 9.17) is 0 Å². The largest absolute Gasteiger partial charge is 0.364 e. The first-order chi connectivity index (χ1) is 13.1. The van der Waals surface area contributed by atoms with Crippen LogP contribution in [0.2, 0.25) is 0 Å². The van der Waals surface area contributed by atoms with Crippen molar-refractivity contribution in [2.24, 2.45) is 0 Å². The molecule has 2 aliphatic rings. The van der Waals surface area contributed by atoms with Gasteiger partial charge in [0.05, 0.1) is 16.4 Å². The van der Waals surface area contributed by atoms with Crippen LogP contribution in [0.25, 0.3) is 21.8 Å². The molecule has 0 radical (unpaired) electrons. The minimum Gasteiger partial charge on any atom is -0.364 e. The van der Waals surface area contributed by atoms with Crippen LogP contribution >= 0.6 is 0 Å². The summed E-state index contributed by atoms with van der Waals surface area (Å²) in [6.45, 7) is 2.25. The average molecular weight is 372 g/mol. The molecule has 1 saturated carbocycles. The van der Waals surface area contributed by atoms with E-state index in [9.17, 15) is 14.0 Å². The number of nitrogens with one attached hydrogen (secondary N) is 2. The fourth-order valence-corrected chi connectivity index (χ4v) is 4.04. The van der Waals surface area contributed by atoms with Gasteiger partial charge in [0.25, 0.3) is 5.56 Å². The molecule has 27 heavy (non-hydrogen) atoms. The SMILES string of the molecule is O=c1[nH]ccc2c1c(=O)c1cc(F)c(N3CCNCC3)c(F)c1n2C1CC1. The van der Waals surface area contributed by atoms with Crippen molar-refractivity contribution in [1.29, 1.82) is 0 Å². The molecule has 8 heteroatoms. The van der Waals surface area contributed by atoms with Crippen molar-refractivity contribution in [2.75, 3.05) is 31.1 Å². The zero-order valence-electron chi connectivity index (χ0n) is 14.5. The number of H-pyrrole nitrogens is 1. The van der Waals surface area contributed by atoms with Gasteiger partial charge in [-0.2, -0.15) is 0 Å². The van der Waals surface area contributed by atoms with Crippen LogP contribution in [0.4, 0.5) is 14.5 Å². The van der Waals surface area contributed by atoms with E-state index in [1.807, 2.05) is 0 Å². The summed E-state index contributed by atoms with van der Waals surface area (Å²) in [4.78, 5) is 29.3. The molecular formula is C19H18F2N4O2. The molecule has 1 saturated heterocycles. The zero-order chi connectivity index (χ0) is 18.7. The minimum atomic E-state index is -0.770. The summed E-state index contributed by atoms with van der Waals surface area (Å²) in [5, 5.41) is 3.03. The summed E-state index contributed by atoms with van der Waals surface area (Å²) in [6, 6.07) is 2.71. The predicted molar refractivity (Wildman–Crippen MR) is 99.6 cm³/mol. The normalized spacial score (nSPS) is 17.8. The maximum Gasteiger partial charge on any atom is 0.261 e. The maximum atomic E-state index is 15.6. The molecule has 2 N–H and O–H groups in total. The highest BCUT2D eigenvalue weighted by Crippen LogP contribution is 2.41. The van der Waals surface area contributed by atoms with Crippen LogP contribution in [0.15, 0.2) is 27.9 Å². The lowest BCUT2D eigenvalue weighted by Crippen LogP contribution is -2.44. The van der Waals surface area contributed by atoms with Crippen molar-refractivity contribution in [2.45, 2.75) is 18.9 Å². The Balaban J connectivity index is 1.93. The lowest BCUT2D eigenvalue weighted by atomic mass is 10.1. The maximum absolute atomic E-state index is 15.6. The first kappa shape index (κ1) is 16.4. The highest BCUT2D eigenvalue weighted by atomic mass is 19.1. The van der Waals surface area contributed by atoms with Crippen molar-refractivity contribution in [1.82, 2.24) is 14.9 Å². The minimum absolute atomic E-state index is 0.00762. The lowest BCUT2D eigenvalue weighted by Gasteiger charge is -2.30. The van der Waals surface area contributed by atoms with E-state index in [1.165, 1.54) is 6.20 Å². The second-order valence-electron chi connectivity index (χ2n) is 7.15. The Hall–Kier alpha value is -2.74. The van der Waals surface area contributed by atoms with Gasteiger partial charge in [0, 0.05) is 38.4 Å². The van der Waals surface area contributed by atoms with E-state index >= 15 is 4.39 Å². The molecule has 0 spiro atoms. The zero-order valence-corrected chi connectivity index (χ0v) is 14.5. The molecule has 1 aliphatic carbocycles. The highest BCUT2D eigenvalue weighted by Gasteiger charge is 2.31. The van der Waals surface area contributed by atoms with Gasteiger partial charge in [-0.3, -0.25) is 9.59 Å². The Kier molecular flexibility index (Phi) is 3.58. The molecule has 0 atom stereocenters. The van der Waals surface area contributed by atoms with E-state index in [-0.39, 0.29) is 28.0 Å². The summed E-state index contributed by atoms with van der Waals surface area (Å²) in [7, 11) is 0. The van der Waals surface area contributed by atoms with E-state index in [2.05, 4.69) is 10.3 Å². The molecule has 2 fully saturated rings. The first-order valence-electron chi connectivity index (χ1n) is 9.11. The number of halogens is 2. The number of nitrogens with zero attached hydrogens (tertiary/aromatic N) is 2. The van der Waals surface area contributed by atoms with Crippen LogP contribution < -0.4 is 21.2 Å². The molecule has 2 aromatic heterocycles. The van der Waals surface area contributed by atoms with Crippen molar-refractivity contribution < 1.29 is 8.78 Å². The number of rotatable bonds is 2. The number of hydrogen-bond donors (Lipinski definition) is 2. The molecule has 6 nitrogen and oxygen atoms in total. The number of hydrogen-bond acceptors (Lipinski definition) is 4. The van der Waals surface area contributed by atoms with E-state index in [0.717, 1.165) is 18.9 Å². The third-order valence-corrected chi connectivity index (χ3v) is 5.42. The molecular weight excluding hydrogens is 354 g/mol. The number of aromatic nitrogens is 2. The topological polar surface area (TPSA) is 70.1 Å². The Morgan fingerprint density at radius 3 is 2.56 bits per heavy atom. The van der Waals surface area contributed by atoms with Gasteiger partial charge in [-0.05, 0) is 25.0 Å². The van der Waals surface area contributed by atoms with Gasteiger partial charge in [0.2, 0.25) is 5.43 Å². The number of pyridine rings is 2. The summed E-state index contributed by atoms with van der Waals surface area (Å²) in [5.74, 6) is -1.49. The Bertz CT molecular complexity index is 1190. The van der Waals surface area contributed by atoms with Crippen molar-refractivity contribution >= 4 is 27.5 Å². The fourth-order valence-electron chi connectivity index (χ4n) is 4.04. The molecule has 140 valence electrons. The lowest BCUT2D eigenvalue weighted by molar-refractivity contribution is 0.539. The number of anilines is 1. The van der Waals surface area contributed by atoms with E-state index in [1.54, 1.807) is 15.5 Å². The van der Waals surface area contributed by atoms with Crippen molar-refractivity contribution in [3.05, 3.63) is 50.5 Å². The molecule has 3 aromatic rings. The Morgan fingerprint density at radius 1 is 1.11 bits per heavy atom. The second-order valence-corrected chi connectivity index (χ2v) is 7.15. The van der Waals surface area contributed by atoms with E-state index < -0.39 is 22.6 Å². The molecule has 3 heterocycles. The number of benzene rings is 1. The number of fused-ring (bicyclic) bond motifs is 2. The third-order valence-electron chi connectivity index (χ3n) is 5.42. The van der Waals surface area contributed by atoms with Gasteiger partial charge in [0.1, 0.15) is 16.9 Å². The van der Waals surface area contributed by atoms with Crippen LogP contribution in [-0.4, -0.2) is 35.7 Å². The Labute approximate surface area is 152 Å². The second kappa shape index (κ2) is 5.88. The van der Waals surface area contributed by atoms with Crippen LogP contribution in [-0.2, 0) is 0 Å². The fraction of sp³-hybridized carbons (Fsp3) is 0.368. The van der Waals surface area contributed by atoms with Crippen LogP contribution in [0, 0.1) is 11.6 Å². The smallest absolute Gasteiger partial charge is 0.261 e. The van der Waals surface area contributed by atoms with Gasteiger partial charge >= 0.3 is 0 Å². The molecule has 0 amide bonds. The van der Waals surface area contributed by atoms with Crippen molar-refractivity contribution in [3.8, 4) is 0 Å². The summed E-state index contributed by atoms with van der Waals surface area (Å²) < 4.78 is 32.2. The summed E-state index contributed by atoms with van der Waals surface area (Å²) in [6.07, 6.45) is 3.12. The predicted octanol–water partition coefficient (Wildman–Crippen LogP) is 1.87. The summed E-state index contributed by atoms with van der Waals surface area (Å²) in [5.41, 5.74) is -0.780. The third kappa shape index (κ3) is 2.39. The molecule has 0 bridgehead atoms. The van der Waals surface area contributed by atoms with Crippen LogP contribution in [0.5, 0.6) is 0 Å². The standard InChI is InChI=1S/C19H18F2N4O2/c20-12-9-11-16(15(21)17(12)24-7-5-22-6-8-24)25(10-1-2-10)13-3-4-23-19(27)14(13)18(11)26/h3-4,9-10,22H,1-2,5-8H2,(H,23,27). The molecule has 5 rings (SSSR count). The van der Waals surface area contributed by atoms with Gasteiger partial charge < -0.3 is 19.8 Å². The van der Waals surface area contributed by atoms with Crippen LogP contribution in [0.1, 0.15) is 18.9 Å². The summed E-state index contributed by atoms with van der Waals surface area (Å²) >= 11 is 0. The average Bonchev–Trinajstić information content (AvgIpc) is 3.49. The Morgan fingerprint density at radius 2 is 1.85 bits per heavy atom. The van der Waals surface area contributed by atoms with Gasteiger partial charge in [-0.15, -0.1) is 0 Å². The van der Waals surface area contributed by atoms with Crippen LogP contribution in [0.3, 0.4) is 0 Å². The molecule has 1 aliphatic heterocycles. The quantitative estimate of drug-likeness (QED) is 0.674. The monoisotopic (exact) mass is 372 g/mol. The molecule has 1 aromatic carbocycles. The molecule has 0 unspecified atom stereocenters. The van der Waals surface area contributed by atoms with E-state index in [0.29, 0.717) is 31.7 Å². The first-order valence-corrected chi connectivity index (χ1v) is 9.11. The highest BCUT2D eigenvalue weighted by molar-refractivity contribution is 5.95. The van der Waals surface area contributed by atoms with Crippen molar-refractivity contribution in [3.63, 3.8) is 0 Å².